The summed E-state index contributed by atoms with van der Waals surface area (Å²) in [4.78, 5) is 10.5. The number of nitrogens with one attached hydrogen (secondary N) is 1. The fourth-order valence-corrected chi connectivity index (χ4v) is 2.26. The maximum atomic E-state index is 10.5. The molecular weight excluding hydrogens is 198 g/mol. The largest absolute Gasteiger partial charge is 0.328 e. The summed E-state index contributed by atoms with van der Waals surface area (Å²) in [6.07, 6.45) is 3.33. The van der Waals surface area contributed by atoms with Crippen LogP contribution in [0.3, 0.4) is 0 Å². The minimum atomic E-state index is 0.732. The molecule has 0 aromatic heterocycles. The van der Waals surface area contributed by atoms with Crippen molar-refractivity contribution in [2.75, 3.05) is 5.32 Å². The molecule has 80 valence electrons. The highest BCUT2D eigenvalue weighted by Gasteiger charge is 2.25. The van der Waals surface area contributed by atoms with E-state index in [1.54, 1.807) is 0 Å². The number of amides is 1. The molecule has 1 aliphatic carbocycles. The quantitative estimate of drug-likeness (QED) is 0.775. The van der Waals surface area contributed by atoms with E-state index < -0.39 is 0 Å². The highest BCUT2D eigenvalue weighted by atomic mass is 16.1. The lowest BCUT2D eigenvalue weighted by Crippen LogP contribution is -1.95. The van der Waals surface area contributed by atoms with Gasteiger partial charge in [0.2, 0.25) is 6.41 Å². The van der Waals surface area contributed by atoms with E-state index >= 15 is 0 Å². The van der Waals surface area contributed by atoms with E-state index in [2.05, 4.69) is 29.6 Å². The van der Waals surface area contributed by atoms with Gasteiger partial charge in [-0.1, -0.05) is 30.3 Å². The van der Waals surface area contributed by atoms with Gasteiger partial charge in [-0.2, -0.15) is 0 Å². The molecule has 1 saturated carbocycles. The van der Waals surface area contributed by atoms with Gasteiger partial charge in [-0.05, 0) is 35.8 Å². The number of hydrogen-bond donors (Lipinski definition) is 1. The Morgan fingerprint density at radius 1 is 1.06 bits per heavy atom. The maximum absolute atomic E-state index is 10.5. The number of benzene rings is 2. The lowest BCUT2D eigenvalue weighted by molar-refractivity contribution is -0.105. The molecule has 0 radical (unpaired) electrons. The zero-order chi connectivity index (χ0) is 11.0. The van der Waals surface area contributed by atoms with E-state index in [0.29, 0.717) is 0 Å². The molecule has 0 atom stereocenters. The number of carbonyl (C=O) groups excluding carboxylic acids is 1. The second kappa shape index (κ2) is 3.63. The van der Waals surface area contributed by atoms with Crippen LogP contribution in [0.5, 0.6) is 0 Å². The van der Waals surface area contributed by atoms with E-state index in [4.69, 9.17) is 0 Å². The third kappa shape index (κ3) is 1.47. The van der Waals surface area contributed by atoms with E-state index in [0.717, 1.165) is 23.4 Å². The maximum Gasteiger partial charge on any atom is 0.211 e. The monoisotopic (exact) mass is 211 g/mol. The van der Waals surface area contributed by atoms with Crippen LogP contribution in [0.15, 0.2) is 36.4 Å². The predicted octanol–water partition coefficient (Wildman–Crippen LogP) is 3.29. The number of fused-ring (bicyclic) bond motifs is 1. The molecule has 2 nitrogen and oxygen atoms in total. The Morgan fingerprint density at radius 3 is 2.50 bits per heavy atom. The smallest absolute Gasteiger partial charge is 0.211 e. The van der Waals surface area contributed by atoms with Crippen LogP contribution in [0.4, 0.5) is 5.69 Å². The van der Waals surface area contributed by atoms with Gasteiger partial charge >= 0.3 is 0 Å². The highest BCUT2D eigenvalue weighted by molar-refractivity contribution is 5.99. The number of hydrogen-bond acceptors (Lipinski definition) is 1. The van der Waals surface area contributed by atoms with Crippen molar-refractivity contribution in [3.63, 3.8) is 0 Å². The lowest BCUT2D eigenvalue weighted by atomic mass is 10.00. The molecule has 2 aromatic carbocycles. The summed E-state index contributed by atoms with van der Waals surface area (Å²) >= 11 is 0. The molecule has 0 saturated heterocycles. The van der Waals surface area contributed by atoms with Gasteiger partial charge in [0.25, 0.3) is 0 Å². The van der Waals surface area contributed by atoms with Crippen LogP contribution in [-0.4, -0.2) is 6.41 Å². The third-order valence-electron chi connectivity index (χ3n) is 3.19. The van der Waals surface area contributed by atoms with Crippen LogP contribution in [0.2, 0.25) is 0 Å². The minimum absolute atomic E-state index is 0.732. The third-order valence-corrected chi connectivity index (χ3v) is 3.19. The molecule has 0 spiro atoms. The van der Waals surface area contributed by atoms with Gasteiger partial charge in [-0.25, -0.2) is 0 Å². The normalized spacial score (nSPS) is 15.0. The van der Waals surface area contributed by atoms with Gasteiger partial charge < -0.3 is 5.32 Å². The van der Waals surface area contributed by atoms with Crippen LogP contribution in [0, 0.1) is 0 Å². The average molecular weight is 211 g/mol. The topological polar surface area (TPSA) is 29.1 Å². The Kier molecular flexibility index (Phi) is 2.13. The summed E-state index contributed by atoms with van der Waals surface area (Å²) < 4.78 is 0. The standard InChI is InChI=1S/C14H13NO/c16-9-15-14-8-7-11(10-5-6-10)12-3-1-2-4-13(12)14/h1-4,7-10H,5-6H2,(H,15,16). The number of carbonyl (C=O) groups is 1. The summed E-state index contributed by atoms with van der Waals surface area (Å²) in [5, 5.41) is 5.17. The van der Waals surface area contributed by atoms with Gasteiger partial charge in [-0.15, -0.1) is 0 Å². The lowest BCUT2D eigenvalue weighted by Gasteiger charge is -2.09. The zero-order valence-electron chi connectivity index (χ0n) is 8.94. The summed E-state index contributed by atoms with van der Waals surface area (Å²) in [6.45, 7) is 0. The van der Waals surface area contributed by atoms with E-state index in [1.807, 2.05) is 12.1 Å². The summed E-state index contributed by atoms with van der Waals surface area (Å²) in [6, 6.07) is 12.4. The van der Waals surface area contributed by atoms with Gasteiger partial charge in [0.15, 0.2) is 0 Å². The Balaban J connectivity index is 2.24. The molecule has 0 unspecified atom stereocenters. The average Bonchev–Trinajstić information content (AvgIpc) is 3.14. The van der Waals surface area contributed by atoms with Crippen LogP contribution in [-0.2, 0) is 4.79 Å². The van der Waals surface area contributed by atoms with Gasteiger partial charge in [0, 0.05) is 11.1 Å². The Labute approximate surface area is 94.3 Å². The van der Waals surface area contributed by atoms with Crippen molar-refractivity contribution in [3.05, 3.63) is 42.0 Å². The zero-order valence-corrected chi connectivity index (χ0v) is 8.94. The van der Waals surface area contributed by atoms with E-state index in [9.17, 15) is 4.79 Å². The Bertz CT molecular complexity index is 543. The molecule has 1 N–H and O–H groups in total. The van der Waals surface area contributed by atoms with Crippen LogP contribution in [0.25, 0.3) is 10.8 Å². The second-order valence-electron chi connectivity index (χ2n) is 4.28. The first-order chi connectivity index (χ1) is 7.90. The Morgan fingerprint density at radius 2 is 1.81 bits per heavy atom. The molecule has 2 heteroatoms. The van der Waals surface area contributed by atoms with Crippen molar-refractivity contribution >= 4 is 22.9 Å². The van der Waals surface area contributed by atoms with Crippen molar-refractivity contribution in [3.8, 4) is 0 Å². The summed E-state index contributed by atoms with van der Waals surface area (Å²) in [5.74, 6) is 0.732. The molecule has 1 amide bonds. The SMILES string of the molecule is O=CNc1ccc(C2CC2)c2ccccc12. The molecule has 3 rings (SSSR count). The first kappa shape index (κ1) is 9.40. The van der Waals surface area contributed by atoms with Crippen molar-refractivity contribution in [2.45, 2.75) is 18.8 Å². The molecular formula is C14H13NO. The van der Waals surface area contributed by atoms with E-state index in [1.165, 1.54) is 23.8 Å². The molecule has 0 heterocycles. The van der Waals surface area contributed by atoms with Crippen molar-refractivity contribution in [2.24, 2.45) is 0 Å². The molecule has 0 aliphatic heterocycles. The first-order valence-corrected chi connectivity index (χ1v) is 5.62. The van der Waals surface area contributed by atoms with Crippen molar-refractivity contribution < 1.29 is 4.79 Å². The predicted molar refractivity (Wildman–Crippen MR) is 65.6 cm³/mol. The molecule has 1 fully saturated rings. The van der Waals surface area contributed by atoms with Gasteiger partial charge in [-0.3, -0.25) is 4.79 Å². The van der Waals surface area contributed by atoms with E-state index in [-0.39, 0.29) is 0 Å². The fraction of sp³-hybridized carbons (Fsp3) is 0.214. The van der Waals surface area contributed by atoms with Crippen LogP contribution < -0.4 is 5.32 Å². The van der Waals surface area contributed by atoms with Gasteiger partial charge in [0.05, 0.1) is 0 Å². The summed E-state index contributed by atoms with van der Waals surface area (Å²) in [5.41, 5.74) is 2.32. The van der Waals surface area contributed by atoms with Crippen molar-refractivity contribution in [1.29, 1.82) is 0 Å². The molecule has 1 aliphatic rings. The van der Waals surface area contributed by atoms with Crippen LogP contribution in [0.1, 0.15) is 24.3 Å². The van der Waals surface area contributed by atoms with Crippen molar-refractivity contribution in [1.82, 2.24) is 0 Å². The number of anilines is 1. The second-order valence-corrected chi connectivity index (χ2v) is 4.28. The summed E-state index contributed by atoms with van der Waals surface area (Å²) in [7, 11) is 0. The number of rotatable bonds is 3. The minimum Gasteiger partial charge on any atom is -0.328 e. The molecule has 2 aromatic rings. The highest BCUT2D eigenvalue weighted by Crippen LogP contribution is 2.44. The molecule has 16 heavy (non-hydrogen) atoms. The molecule has 0 bridgehead atoms. The van der Waals surface area contributed by atoms with Crippen LogP contribution >= 0.6 is 0 Å². The fourth-order valence-electron chi connectivity index (χ4n) is 2.26. The Hall–Kier alpha value is -1.83. The van der Waals surface area contributed by atoms with Gasteiger partial charge in [0.1, 0.15) is 0 Å². The first-order valence-electron chi connectivity index (χ1n) is 5.62.